The van der Waals surface area contributed by atoms with Gasteiger partial charge in [-0.1, -0.05) is 0 Å². The van der Waals surface area contributed by atoms with E-state index in [4.69, 9.17) is 0 Å². The first-order valence-corrected chi connectivity index (χ1v) is 7.53. The minimum absolute atomic E-state index is 0.0135. The molecule has 5 nitrogen and oxygen atoms in total. The number of nitrogens with zero attached hydrogens (tertiary/aromatic N) is 2. The fourth-order valence-corrected chi connectivity index (χ4v) is 3.17. The first-order valence-electron chi connectivity index (χ1n) is 6.65. The van der Waals surface area contributed by atoms with Gasteiger partial charge in [0.2, 0.25) is 11.8 Å². The van der Waals surface area contributed by atoms with E-state index in [0.29, 0.717) is 24.1 Å². The van der Waals surface area contributed by atoms with Gasteiger partial charge in [0, 0.05) is 31.3 Å². The van der Waals surface area contributed by atoms with Crippen molar-refractivity contribution >= 4 is 28.3 Å². The Morgan fingerprint density at radius 3 is 2.84 bits per heavy atom. The molecule has 1 saturated carbocycles. The lowest BCUT2D eigenvalue weighted by molar-refractivity contribution is -0.128. The Hall–Kier alpha value is -1.43. The van der Waals surface area contributed by atoms with E-state index in [1.54, 1.807) is 11.8 Å². The highest BCUT2D eigenvalue weighted by Crippen LogP contribution is 2.40. The van der Waals surface area contributed by atoms with Crippen LogP contribution in [0, 0.1) is 5.92 Å². The summed E-state index contributed by atoms with van der Waals surface area (Å²) in [6, 6.07) is 0. The molecular weight excluding hydrogens is 262 g/mol. The van der Waals surface area contributed by atoms with E-state index in [9.17, 15) is 9.59 Å². The molecule has 2 heterocycles. The number of amides is 2. The van der Waals surface area contributed by atoms with E-state index >= 15 is 0 Å². The molecule has 2 fully saturated rings. The van der Waals surface area contributed by atoms with Gasteiger partial charge in [-0.15, -0.1) is 11.3 Å². The molecule has 0 radical (unpaired) electrons. The van der Waals surface area contributed by atoms with Gasteiger partial charge in [0.15, 0.2) is 5.13 Å². The van der Waals surface area contributed by atoms with E-state index in [-0.39, 0.29) is 17.7 Å². The van der Waals surface area contributed by atoms with Crippen LogP contribution in [-0.4, -0.2) is 34.8 Å². The minimum atomic E-state index is -0.0998. The number of thiazole rings is 1. The summed E-state index contributed by atoms with van der Waals surface area (Å²) in [5.74, 6) is 0.541. The quantitative estimate of drug-likeness (QED) is 0.918. The summed E-state index contributed by atoms with van der Waals surface area (Å²) in [5.41, 5.74) is 1.11. The van der Waals surface area contributed by atoms with Gasteiger partial charge in [-0.05, 0) is 19.3 Å². The topological polar surface area (TPSA) is 62.3 Å². The van der Waals surface area contributed by atoms with Gasteiger partial charge in [0.05, 0.1) is 11.6 Å². The van der Waals surface area contributed by atoms with Crippen LogP contribution in [0.3, 0.4) is 0 Å². The van der Waals surface area contributed by atoms with Crippen molar-refractivity contribution in [2.45, 2.75) is 32.1 Å². The fourth-order valence-electron chi connectivity index (χ4n) is 2.38. The van der Waals surface area contributed by atoms with Gasteiger partial charge in [-0.25, -0.2) is 4.98 Å². The zero-order chi connectivity index (χ0) is 13.4. The number of carbonyl (C=O) groups excluding carboxylic acids is 2. The van der Waals surface area contributed by atoms with Crippen molar-refractivity contribution in [2.24, 2.45) is 5.92 Å². The monoisotopic (exact) mass is 279 g/mol. The highest BCUT2D eigenvalue weighted by Gasteiger charge is 2.30. The van der Waals surface area contributed by atoms with Crippen LogP contribution in [0.1, 0.15) is 37.8 Å². The number of rotatable bonds is 3. The number of hydrogen-bond donors (Lipinski definition) is 1. The third-order valence-electron chi connectivity index (χ3n) is 3.75. The van der Waals surface area contributed by atoms with Crippen molar-refractivity contribution in [1.82, 2.24) is 9.88 Å². The normalized spacial score (nSPS) is 22.6. The lowest BCUT2D eigenvalue weighted by atomic mass is 10.1. The van der Waals surface area contributed by atoms with Gasteiger partial charge in [0.1, 0.15) is 0 Å². The molecule has 0 spiro atoms. The zero-order valence-electron chi connectivity index (χ0n) is 10.9. The van der Waals surface area contributed by atoms with Crippen LogP contribution in [0.5, 0.6) is 0 Å². The zero-order valence-corrected chi connectivity index (χ0v) is 11.7. The highest BCUT2D eigenvalue weighted by atomic mass is 32.1. The lowest BCUT2D eigenvalue weighted by Crippen LogP contribution is -2.29. The molecule has 1 N–H and O–H groups in total. The molecule has 6 heteroatoms. The summed E-state index contributed by atoms with van der Waals surface area (Å²) >= 11 is 1.49. The second-order valence-corrected chi connectivity index (χ2v) is 6.15. The molecule has 102 valence electrons. The smallest absolute Gasteiger partial charge is 0.231 e. The molecule has 2 amide bonds. The van der Waals surface area contributed by atoms with Crippen LogP contribution in [0.4, 0.5) is 5.13 Å². The molecule has 2 aliphatic rings. The van der Waals surface area contributed by atoms with Gasteiger partial charge < -0.3 is 10.2 Å². The molecule has 1 aromatic rings. The number of anilines is 1. The van der Waals surface area contributed by atoms with Crippen molar-refractivity contribution in [2.75, 3.05) is 18.4 Å². The fraction of sp³-hybridized carbons (Fsp3) is 0.615. The number of hydrogen-bond acceptors (Lipinski definition) is 4. The standard InChI is InChI=1S/C13H17N3O2S/c1-8(17)16-5-4-10(6-16)12(18)15-13-14-11(7-19-13)9-2-3-9/h7,9-10H,2-6H2,1H3,(H,14,15,18)/t10-/m1/s1. The van der Waals surface area contributed by atoms with Crippen LogP contribution in [-0.2, 0) is 9.59 Å². The first-order chi connectivity index (χ1) is 9.13. The molecule has 1 atom stereocenters. The van der Waals surface area contributed by atoms with Crippen molar-refractivity contribution in [3.63, 3.8) is 0 Å². The highest BCUT2D eigenvalue weighted by molar-refractivity contribution is 7.13. The van der Waals surface area contributed by atoms with Crippen LogP contribution >= 0.6 is 11.3 Å². The van der Waals surface area contributed by atoms with E-state index < -0.39 is 0 Å². The average molecular weight is 279 g/mol. The maximum atomic E-state index is 12.1. The predicted octanol–water partition coefficient (Wildman–Crippen LogP) is 1.83. The molecule has 0 aromatic carbocycles. The summed E-state index contributed by atoms with van der Waals surface area (Å²) in [7, 11) is 0. The van der Waals surface area contributed by atoms with Gasteiger partial charge >= 0.3 is 0 Å². The van der Waals surface area contributed by atoms with Crippen molar-refractivity contribution in [3.05, 3.63) is 11.1 Å². The molecule has 0 bridgehead atoms. The molecule has 3 rings (SSSR count). The van der Waals surface area contributed by atoms with E-state index in [1.807, 2.05) is 5.38 Å². The summed E-state index contributed by atoms with van der Waals surface area (Å²) in [4.78, 5) is 29.5. The van der Waals surface area contributed by atoms with Gasteiger partial charge in [0.25, 0.3) is 0 Å². The third-order valence-corrected chi connectivity index (χ3v) is 4.53. The Morgan fingerprint density at radius 2 is 2.21 bits per heavy atom. The maximum absolute atomic E-state index is 12.1. The van der Waals surface area contributed by atoms with E-state index in [1.165, 1.54) is 24.2 Å². The third kappa shape index (κ3) is 2.78. The number of likely N-dealkylation sites (tertiary alicyclic amines) is 1. The van der Waals surface area contributed by atoms with Crippen LogP contribution in [0.15, 0.2) is 5.38 Å². The SMILES string of the molecule is CC(=O)N1CC[C@@H](C(=O)Nc2nc(C3CC3)cs2)C1. The van der Waals surface area contributed by atoms with Crippen LogP contribution < -0.4 is 5.32 Å². The Bertz CT molecular complexity index is 510. The van der Waals surface area contributed by atoms with Crippen LogP contribution in [0.2, 0.25) is 0 Å². The summed E-state index contributed by atoms with van der Waals surface area (Å²) in [5, 5.41) is 5.60. The molecule has 1 aliphatic carbocycles. The summed E-state index contributed by atoms with van der Waals surface area (Å²) in [6.45, 7) is 2.75. The largest absolute Gasteiger partial charge is 0.342 e. The van der Waals surface area contributed by atoms with Crippen molar-refractivity contribution in [1.29, 1.82) is 0 Å². The molecular formula is C13H17N3O2S. The number of nitrogens with one attached hydrogen (secondary N) is 1. The Labute approximate surface area is 116 Å². The van der Waals surface area contributed by atoms with E-state index in [2.05, 4.69) is 10.3 Å². The average Bonchev–Trinajstić information content (AvgIpc) is 2.92. The predicted molar refractivity (Wildman–Crippen MR) is 73.1 cm³/mol. The van der Waals surface area contributed by atoms with Gasteiger partial charge in [-0.2, -0.15) is 0 Å². The maximum Gasteiger partial charge on any atom is 0.231 e. The van der Waals surface area contributed by atoms with Gasteiger partial charge in [-0.3, -0.25) is 9.59 Å². The Morgan fingerprint density at radius 1 is 1.42 bits per heavy atom. The summed E-state index contributed by atoms with van der Waals surface area (Å²) in [6.07, 6.45) is 3.17. The molecule has 19 heavy (non-hydrogen) atoms. The van der Waals surface area contributed by atoms with Crippen molar-refractivity contribution < 1.29 is 9.59 Å². The molecule has 1 saturated heterocycles. The van der Waals surface area contributed by atoms with Crippen LogP contribution in [0.25, 0.3) is 0 Å². The second kappa shape index (κ2) is 4.92. The Kier molecular flexibility index (Phi) is 3.26. The molecule has 1 aliphatic heterocycles. The Balaban J connectivity index is 1.57. The molecule has 0 unspecified atom stereocenters. The minimum Gasteiger partial charge on any atom is -0.342 e. The number of carbonyl (C=O) groups is 2. The van der Waals surface area contributed by atoms with Crippen molar-refractivity contribution in [3.8, 4) is 0 Å². The summed E-state index contributed by atoms with van der Waals surface area (Å²) < 4.78 is 0. The van der Waals surface area contributed by atoms with E-state index in [0.717, 1.165) is 12.1 Å². The lowest BCUT2D eigenvalue weighted by Gasteiger charge is -2.13. The molecule has 1 aromatic heterocycles. The first kappa shape index (κ1) is 12.6. The number of aromatic nitrogens is 1. The second-order valence-electron chi connectivity index (χ2n) is 5.29.